The highest BCUT2D eigenvalue weighted by atomic mass is 35.5. The van der Waals surface area contributed by atoms with Crippen LogP contribution in [0, 0.1) is 0 Å². The van der Waals surface area contributed by atoms with Gasteiger partial charge in [-0.2, -0.15) is 0 Å². The molecule has 3 heteroatoms. The van der Waals surface area contributed by atoms with Crippen LogP contribution >= 0.6 is 23.2 Å². The van der Waals surface area contributed by atoms with Crippen molar-refractivity contribution in [3.05, 3.63) is 23.4 Å². The first-order chi connectivity index (χ1) is 4.66. The third kappa shape index (κ3) is 5.86. The molecule has 0 fully saturated rings. The Morgan fingerprint density at radius 3 is 2.40 bits per heavy atom. The molecule has 0 aromatic rings. The Balaban J connectivity index is 4.08. The quantitative estimate of drug-likeness (QED) is 0.349. The molecule has 0 bridgehead atoms. The lowest BCUT2D eigenvalue weighted by Crippen LogP contribution is -1.73. The minimum absolute atomic E-state index is 0.394. The average Bonchev–Trinajstić information content (AvgIpc) is 1.82. The van der Waals surface area contributed by atoms with Crippen LogP contribution in [0.1, 0.15) is 13.8 Å². The topological polar surface area (TPSA) is 12.4 Å². The second kappa shape index (κ2) is 5.51. The third-order valence-corrected chi connectivity index (χ3v) is 0.982. The van der Waals surface area contributed by atoms with Crippen LogP contribution in [0.4, 0.5) is 0 Å². The van der Waals surface area contributed by atoms with E-state index in [4.69, 9.17) is 23.2 Å². The number of aliphatic imine (C=N–C) groups is 1. The Bertz CT molecular complexity index is 176. The second-order valence-corrected chi connectivity index (χ2v) is 2.56. The molecule has 0 aliphatic rings. The maximum atomic E-state index is 5.59. The van der Waals surface area contributed by atoms with E-state index in [1.54, 1.807) is 19.1 Å². The van der Waals surface area contributed by atoms with Gasteiger partial charge in [0.15, 0.2) is 0 Å². The molecule has 0 unspecified atom stereocenters. The van der Waals surface area contributed by atoms with E-state index in [0.29, 0.717) is 10.3 Å². The zero-order valence-corrected chi connectivity index (χ0v) is 7.45. The summed E-state index contributed by atoms with van der Waals surface area (Å²) in [5.41, 5.74) is 0. The smallest absolute Gasteiger partial charge is 0.130 e. The first kappa shape index (κ1) is 9.73. The first-order valence-corrected chi connectivity index (χ1v) is 3.61. The fraction of sp³-hybridized carbons (Fsp3) is 0.286. The van der Waals surface area contributed by atoms with Gasteiger partial charge in [-0.15, -0.1) is 0 Å². The van der Waals surface area contributed by atoms with Crippen molar-refractivity contribution >= 4 is 28.4 Å². The van der Waals surface area contributed by atoms with Crippen molar-refractivity contribution in [2.75, 3.05) is 0 Å². The van der Waals surface area contributed by atoms with E-state index in [2.05, 4.69) is 4.99 Å². The van der Waals surface area contributed by atoms with Gasteiger partial charge in [-0.25, -0.2) is 4.99 Å². The maximum Gasteiger partial charge on any atom is 0.130 e. The summed E-state index contributed by atoms with van der Waals surface area (Å²) in [4.78, 5) is 3.77. The van der Waals surface area contributed by atoms with Gasteiger partial charge in [-0.05, 0) is 19.9 Å². The molecule has 0 aromatic heterocycles. The summed E-state index contributed by atoms with van der Waals surface area (Å²) in [6.07, 6.45) is 5.33. The van der Waals surface area contributed by atoms with E-state index in [1.807, 2.05) is 13.0 Å². The van der Waals surface area contributed by atoms with Crippen LogP contribution in [0.5, 0.6) is 0 Å². The zero-order chi connectivity index (χ0) is 7.98. The Morgan fingerprint density at radius 2 is 2.00 bits per heavy atom. The largest absolute Gasteiger partial charge is 0.229 e. The predicted octanol–water partition coefficient (Wildman–Crippen LogP) is 3.30. The highest BCUT2D eigenvalue weighted by molar-refractivity contribution is 6.65. The van der Waals surface area contributed by atoms with E-state index >= 15 is 0 Å². The summed E-state index contributed by atoms with van der Waals surface area (Å²) in [5, 5.41) is 0.830. The van der Waals surface area contributed by atoms with E-state index in [-0.39, 0.29) is 0 Å². The van der Waals surface area contributed by atoms with Crippen LogP contribution in [0.2, 0.25) is 0 Å². The summed E-state index contributed by atoms with van der Waals surface area (Å²) >= 11 is 11.0. The van der Waals surface area contributed by atoms with Crippen LogP contribution in [0.25, 0.3) is 0 Å². The molecule has 0 radical (unpaired) electrons. The van der Waals surface area contributed by atoms with Gasteiger partial charge in [0.1, 0.15) is 10.3 Å². The van der Waals surface area contributed by atoms with Gasteiger partial charge in [-0.1, -0.05) is 35.4 Å². The Hall–Kier alpha value is -0.270. The van der Waals surface area contributed by atoms with Gasteiger partial charge < -0.3 is 0 Å². The van der Waals surface area contributed by atoms with Crippen molar-refractivity contribution in [3.8, 4) is 0 Å². The summed E-state index contributed by atoms with van der Waals surface area (Å²) in [5.74, 6) is 0. The zero-order valence-electron chi connectivity index (χ0n) is 5.94. The van der Waals surface area contributed by atoms with Crippen molar-refractivity contribution in [2.45, 2.75) is 13.8 Å². The van der Waals surface area contributed by atoms with Crippen molar-refractivity contribution in [1.82, 2.24) is 0 Å². The number of hydrogen-bond donors (Lipinski definition) is 0. The molecule has 0 heterocycles. The van der Waals surface area contributed by atoms with Crippen molar-refractivity contribution < 1.29 is 0 Å². The van der Waals surface area contributed by atoms with E-state index in [9.17, 15) is 0 Å². The van der Waals surface area contributed by atoms with Crippen molar-refractivity contribution in [2.24, 2.45) is 4.99 Å². The Morgan fingerprint density at radius 1 is 1.40 bits per heavy atom. The number of hydrogen-bond acceptors (Lipinski definition) is 1. The molecule has 0 amide bonds. The summed E-state index contributed by atoms with van der Waals surface area (Å²) < 4.78 is 0. The lowest BCUT2D eigenvalue weighted by molar-refractivity contribution is 1.50. The third-order valence-electron chi connectivity index (χ3n) is 0.687. The standard InChI is InChI=1S/C7H9Cl2N/c1-3-4-5-7(9)10-6(2)8/h3-5H,1-2H3/b4-3-,7-5-,10-6?. The number of allylic oxidation sites excluding steroid dienone is 3. The molecular formula is C7H9Cl2N. The molecule has 1 nitrogen and oxygen atoms in total. The fourth-order valence-corrected chi connectivity index (χ4v) is 0.694. The summed E-state index contributed by atoms with van der Waals surface area (Å²) in [7, 11) is 0. The van der Waals surface area contributed by atoms with Crippen LogP contribution in [0.15, 0.2) is 28.4 Å². The molecule has 0 spiro atoms. The van der Waals surface area contributed by atoms with Gasteiger partial charge in [0.2, 0.25) is 0 Å². The SMILES string of the molecule is C/C=C\C=C(\Cl)N=C(C)Cl. The van der Waals surface area contributed by atoms with Crippen molar-refractivity contribution in [1.29, 1.82) is 0 Å². The lowest BCUT2D eigenvalue weighted by Gasteiger charge is -1.85. The minimum atomic E-state index is 0.394. The van der Waals surface area contributed by atoms with Crippen LogP contribution in [-0.4, -0.2) is 5.17 Å². The maximum absolute atomic E-state index is 5.59. The first-order valence-electron chi connectivity index (χ1n) is 2.86. The molecule has 0 aromatic carbocycles. The molecule has 0 N–H and O–H groups in total. The Kier molecular flexibility index (Phi) is 5.36. The number of rotatable bonds is 2. The molecule has 10 heavy (non-hydrogen) atoms. The average molecular weight is 178 g/mol. The molecule has 0 saturated heterocycles. The minimum Gasteiger partial charge on any atom is -0.229 e. The monoisotopic (exact) mass is 177 g/mol. The van der Waals surface area contributed by atoms with Crippen LogP contribution in [-0.2, 0) is 0 Å². The van der Waals surface area contributed by atoms with E-state index in [0.717, 1.165) is 0 Å². The normalized spacial score (nSPS) is 14.8. The molecule has 0 rings (SSSR count). The molecule has 0 atom stereocenters. The van der Waals surface area contributed by atoms with Gasteiger partial charge >= 0.3 is 0 Å². The van der Waals surface area contributed by atoms with Gasteiger partial charge in [0.25, 0.3) is 0 Å². The number of nitrogens with zero attached hydrogens (tertiary/aromatic N) is 1. The van der Waals surface area contributed by atoms with Gasteiger partial charge in [0.05, 0.1) is 0 Å². The van der Waals surface area contributed by atoms with Gasteiger partial charge in [-0.3, -0.25) is 0 Å². The molecule has 0 aliphatic carbocycles. The molecule has 0 aliphatic heterocycles. The number of halogens is 2. The Labute approximate surface area is 71.1 Å². The lowest BCUT2D eigenvalue weighted by atomic mass is 10.5. The van der Waals surface area contributed by atoms with Gasteiger partial charge in [0, 0.05) is 0 Å². The molecular weight excluding hydrogens is 169 g/mol. The summed E-state index contributed by atoms with van der Waals surface area (Å²) in [6, 6.07) is 0. The highest BCUT2D eigenvalue weighted by Crippen LogP contribution is 2.04. The van der Waals surface area contributed by atoms with Crippen LogP contribution < -0.4 is 0 Å². The predicted molar refractivity (Wildman–Crippen MR) is 47.7 cm³/mol. The highest BCUT2D eigenvalue weighted by Gasteiger charge is 1.84. The van der Waals surface area contributed by atoms with E-state index in [1.165, 1.54) is 0 Å². The van der Waals surface area contributed by atoms with Crippen molar-refractivity contribution in [3.63, 3.8) is 0 Å². The van der Waals surface area contributed by atoms with Crippen LogP contribution in [0.3, 0.4) is 0 Å². The van der Waals surface area contributed by atoms with E-state index < -0.39 is 0 Å². The summed E-state index contributed by atoms with van der Waals surface area (Å²) in [6.45, 7) is 3.57. The molecule has 56 valence electrons. The molecule has 0 saturated carbocycles. The second-order valence-electron chi connectivity index (χ2n) is 1.62. The fourth-order valence-electron chi connectivity index (χ4n) is 0.360.